The molecule has 1 aliphatic carbocycles. The Kier molecular flexibility index (Phi) is 2.92. The minimum absolute atomic E-state index is 0.0205. The topological polar surface area (TPSA) is 68.0 Å². The molecule has 0 bridgehead atoms. The lowest BCUT2D eigenvalue weighted by molar-refractivity contribution is -0.118. The zero-order chi connectivity index (χ0) is 11.6. The summed E-state index contributed by atoms with van der Waals surface area (Å²) in [4.78, 5) is 15.8. The number of nitrogens with one attached hydrogen (secondary N) is 1. The van der Waals surface area contributed by atoms with Gasteiger partial charge in [-0.05, 0) is 38.3 Å². The van der Waals surface area contributed by atoms with Gasteiger partial charge < -0.3 is 11.1 Å². The van der Waals surface area contributed by atoms with Gasteiger partial charge in [0.2, 0.25) is 5.91 Å². The SMILES string of the molecule is Cc1ccc(NC(=O)CC2(N)CCC2)cn1. The van der Waals surface area contributed by atoms with Gasteiger partial charge in [-0.25, -0.2) is 0 Å². The third kappa shape index (κ3) is 2.58. The van der Waals surface area contributed by atoms with E-state index in [-0.39, 0.29) is 11.4 Å². The van der Waals surface area contributed by atoms with Gasteiger partial charge in [0.1, 0.15) is 0 Å². The van der Waals surface area contributed by atoms with Gasteiger partial charge >= 0.3 is 0 Å². The van der Waals surface area contributed by atoms with Crippen molar-refractivity contribution >= 4 is 11.6 Å². The number of amides is 1. The van der Waals surface area contributed by atoms with Crippen LogP contribution >= 0.6 is 0 Å². The lowest BCUT2D eigenvalue weighted by Crippen LogP contribution is -2.48. The quantitative estimate of drug-likeness (QED) is 0.811. The number of carbonyl (C=O) groups is 1. The van der Waals surface area contributed by atoms with Crippen molar-refractivity contribution in [2.75, 3.05) is 5.32 Å². The number of nitrogens with zero attached hydrogens (tertiary/aromatic N) is 1. The molecule has 86 valence electrons. The lowest BCUT2D eigenvalue weighted by Gasteiger charge is -2.37. The minimum Gasteiger partial charge on any atom is -0.325 e. The van der Waals surface area contributed by atoms with E-state index in [0.29, 0.717) is 6.42 Å². The number of aryl methyl sites for hydroxylation is 1. The second-order valence-electron chi connectivity index (χ2n) is 4.63. The Hall–Kier alpha value is -1.42. The summed E-state index contributed by atoms with van der Waals surface area (Å²) in [5.74, 6) is -0.0205. The Morgan fingerprint density at radius 1 is 1.56 bits per heavy atom. The molecule has 1 heterocycles. The molecule has 1 saturated carbocycles. The van der Waals surface area contributed by atoms with Gasteiger partial charge in [0.05, 0.1) is 11.9 Å². The number of carbonyl (C=O) groups excluding carboxylic acids is 1. The van der Waals surface area contributed by atoms with E-state index >= 15 is 0 Å². The molecule has 0 aliphatic heterocycles. The second-order valence-corrected chi connectivity index (χ2v) is 4.63. The van der Waals surface area contributed by atoms with Crippen LogP contribution in [0.1, 0.15) is 31.4 Å². The smallest absolute Gasteiger partial charge is 0.226 e. The molecular weight excluding hydrogens is 202 g/mol. The summed E-state index contributed by atoms with van der Waals surface area (Å²) in [6, 6.07) is 3.72. The standard InChI is InChI=1S/C12H17N3O/c1-9-3-4-10(8-14-9)15-11(16)7-12(13)5-2-6-12/h3-4,8H,2,5-7,13H2,1H3,(H,15,16). The Morgan fingerprint density at radius 3 is 2.81 bits per heavy atom. The van der Waals surface area contributed by atoms with Crippen LogP contribution < -0.4 is 11.1 Å². The van der Waals surface area contributed by atoms with Crippen LogP contribution in [-0.4, -0.2) is 16.4 Å². The first-order chi connectivity index (χ1) is 7.57. The molecular formula is C12H17N3O. The Balaban J connectivity index is 1.89. The van der Waals surface area contributed by atoms with Gasteiger partial charge in [0, 0.05) is 17.7 Å². The molecule has 1 fully saturated rings. The van der Waals surface area contributed by atoms with Crippen LogP contribution in [0.2, 0.25) is 0 Å². The molecule has 16 heavy (non-hydrogen) atoms. The average molecular weight is 219 g/mol. The number of nitrogens with two attached hydrogens (primary N) is 1. The molecule has 0 radical (unpaired) electrons. The number of anilines is 1. The Labute approximate surface area is 95.3 Å². The van der Waals surface area contributed by atoms with Crippen LogP contribution in [0.25, 0.3) is 0 Å². The minimum atomic E-state index is -0.262. The van der Waals surface area contributed by atoms with Gasteiger partial charge in [-0.1, -0.05) is 0 Å². The highest BCUT2D eigenvalue weighted by atomic mass is 16.1. The van der Waals surface area contributed by atoms with Gasteiger partial charge in [-0.2, -0.15) is 0 Å². The summed E-state index contributed by atoms with van der Waals surface area (Å²) in [6.07, 6.45) is 5.10. The van der Waals surface area contributed by atoms with E-state index in [9.17, 15) is 4.79 Å². The fraction of sp³-hybridized carbons (Fsp3) is 0.500. The monoisotopic (exact) mass is 219 g/mol. The van der Waals surface area contributed by atoms with Crippen molar-refractivity contribution in [2.45, 2.75) is 38.1 Å². The molecule has 0 spiro atoms. The maximum Gasteiger partial charge on any atom is 0.226 e. The third-order valence-electron chi connectivity index (χ3n) is 3.06. The van der Waals surface area contributed by atoms with Crippen LogP contribution in [0, 0.1) is 6.92 Å². The zero-order valence-corrected chi connectivity index (χ0v) is 9.49. The molecule has 0 saturated heterocycles. The van der Waals surface area contributed by atoms with E-state index in [1.807, 2.05) is 19.1 Å². The average Bonchev–Trinajstić information content (AvgIpc) is 2.19. The van der Waals surface area contributed by atoms with E-state index in [1.165, 1.54) is 0 Å². The van der Waals surface area contributed by atoms with Gasteiger partial charge in [0.25, 0.3) is 0 Å². The largest absolute Gasteiger partial charge is 0.325 e. The second kappa shape index (κ2) is 4.22. The van der Waals surface area contributed by atoms with E-state index in [1.54, 1.807) is 6.20 Å². The van der Waals surface area contributed by atoms with Crippen LogP contribution in [0.15, 0.2) is 18.3 Å². The van der Waals surface area contributed by atoms with Gasteiger partial charge in [0.15, 0.2) is 0 Å². The van der Waals surface area contributed by atoms with Crippen LogP contribution in [0.3, 0.4) is 0 Å². The van der Waals surface area contributed by atoms with Crippen LogP contribution in [0.4, 0.5) is 5.69 Å². The molecule has 3 N–H and O–H groups in total. The first kappa shape index (κ1) is 11.1. The van der Waals surface area contributed by atoms with Crippen molar-refractivity contribution in [2.24, 2.45) is 5.73 Å². The maximum atomic E-state index is 11.7. The van der Waals surface area contributed by atoms with Crippen molar-refractivity contribution in [3.05, 3.63) is 24.0 Å². The summed E-state index contributed by atoms with van der Waals surface area (Å²) in [5, 5.41) is 2.81. The molecule has 1 aromatic rings. The van der Waals surface area contributed by atoms with Gasteiger partial charge in [-0.15, -0.1) is 0 Å². The third-order valence-corrected chi connectivity index (χ3v) is 3.06. The predicted molar refractivity (Wildman–Crippen MR) is 63.0 cm³/mol. The van der Waals surface area contributed by atoms with Crippen molar-refractivity contribution in [3.63, 3.8) is 0 Å². The number of rotatable bonds is 3. The predicted octanol–water partition coefficient (Wildman–Crippen LogP) is 1.60. The highest BCUT2D eigenvalue weighted by Gasteiger charge is 2.34. The fourth-order valence-electron chi connectivity index (χ4n) is 1.87. The van der Waals surface area contributed by atoms with Crippen molar-refractivity contribution in [1.82, 2.24) is 4.98 Å². The number of hydrogen-bond acceptors (Lipinski definition) is 3. The summed E-state index contributed by atoms with van der Waals surface area (Å²) >= 11 is 0. The zero-order valence-electron chi connectivity index (χ0n) is 9.49. The van der Waals surface area contributed by atoms with E-state index in [0.717, 1.165) is 30.6 Å². The van der Waals surface area contributed by atoms with Crippen LogP contribution in [-0.2, 0) is 4.79 Å². The Morgan fingerprint density at radius 2 is 2.31 bits per heavy atom. The number of pyridine rings is 1. The molecule has 2 rings (SSSR count). The summed E-state index contributed by atoms with van der Waals surface area (Å²) in [6.45, 7) is 1.91. The van der Waals surface area contributed by atoms with Crippen molar-refractivity contribution in [3.8, 4) is 0 Å². The van der Waals surface area contributed by atoms with E-state index in [2.05, 4.69) is 10.3 Å². The molecule has 1 aliphatic rings. The molecule has 0 atom stereocenters. The fourth-order valence-corrected chi connectivity index (χ4v) is 1.87. The summed E-state index contributed by atoms with van der Waals surface area (Å²) < 4.78 is 0. The molecule has 4 nitrogen and oxygen atoms in total. The molecule has 1 aromatic heterocycles. The van der Waals surface area contributed by atoms with Crippen molar-refractivity contribution in [1.29, 1.82) is 0 Å². The first-order valence-corrected chi connectivity index (χ1v) is 5.59. The first-order valence-electron chi connectivity index (χ1n) is 5.59. The van der Waals surface area contributed by atoms with Gasteiger partial charge in [-0.3, -0.25) is 9.78 Å². The highest BCUT2D eigenvalue weighted by molar-refractivity contribution is 5.91. The molecule has 4 heteroatoms. The molecule has 1 amide bonds. The molecule has 0 aromatic carbocycles. The highest BCUT2D eigenvalue weighted by Crippen LogP contribution is 2.32. The van der Waals surface area contributed by atoms with E-state index in [4.69, 9.17) is 5.73 Å². The summed E-state index contributed by atoms with van der Waals surface area (Å²) in [7, 11) is 0. The lowest BCUT2D eigenvalue weighted by atomic mass is 9.75. The van der Waals surface area contributed by atoms with Crippen LogP contribution in [0.5, 0.6) is 0 Å². The van der Waals surface area contributed by atoms with Crippen molar-refractivity contribution < 1.29 is 4.79 Å². The molecule has 0 unspecified atom stereocenters. The normalized spacial score (nSPS) is 17.6. The Bertz CT molecular complexity index is 382. The number of aromatic nitrogens is 1. The van der Waals surface area contributed by atoms with E-state index < -0.39 is 0 Å². The summed E-state index contributed by atoms with van der Waals surface area (Å²) in [5.41, 5.74) is 7.42. The number of hydrogen-bond donors (Lipinski definition) is 2. The maximum absolute atomic E-state index is 11.7.